The van der Waals surface area contributed by atoms with Crippen LogP contribution in [0.5, 0.6) is 0 Å². The van der Waals surface area contributed by atoms with Crippen molar-refractivity contribution in [2.24, 2.45) is 0 Å². The van der Waals surface area contributed by atoms with E-state index in [2.05, 4.69) is 42.3 Å². The van der Waals surface area contributed by atoms with Crippen molar-refractivity contribution >= 4 is 5.91 Å². The van der Waals surface area contributed by atoms with Gasteiger partial charge in [-0.1, -0.05) is 30.3 Å². The van der Waals surface area contributed by atoms with Gasteiger partial charge in [-0.3, -0.25) is 9.69 Å². The molecule has 156 valence electrons. The average molecular weight is 391 g/mol. The van der Waals surface area contributed by atoms with Crippen molar-refractivity contribution in [2.45, 2.75) is 43.9 Å². The van der Waals surface area contributed by atoms with Gasteiger partial charge in [-0.25, -0.2) is 0 Å². The van der Waals surface area contributed by atoms with Crippen LogP contribution in [0, 0.1) is 0 Å². The van der Waals surface area contributed by atoms with Gasteiger partial charge in [-0.15, -0.1) is 0 Å². The quantitative estimate of drug-likeness (QED) is 0.638. The fraction of sp³-hybridized carbons (Fsp3) is 0.682. The van der Waals surface area contributed by atoms with Crippen LogP contribution in [0.3, 0.4) is 0 Å². The van der Waals surface area contributed by atoms with E-state index in [1.54, 1.807) is 7.11 Å². The molecule has 0 saturated carbocycles. The van der Waals surface area contributed by atoms with E-state index in [4.69, 9.17) is 14.2 Å². The zero-order chi connectivity index (χ0) is 19.8. The fourth-order valence-electron chi connectivity index (χ4n) is 4.28. The molecule has 2 aliphatic rings. The molecule has 3 rings (SSSR count). The Morgan fingerprint density at radius 3 is 2.71 bits per heavy atom. The number of ether oxygens (including phenoxy) is 3. The summed E-state index contributed by atoms with van der Waals surface area (Å²) in [6, 6.07) is 11.1. The Morgan fingerprint density at radius 1 is 1.25 bits per heavy atom. The van der Waals surface area contributed by atoms with Gasteiger partial charge in [0.05, 0.1) is 18.8 Å². The molecule has 0 aliphatic carbocycles. The van der Waals surface area contributed by atoms with Gasteiger partial charge in [0.25, 0.3) is 0 Å². The van der Waals surface area contributed by atoms with Gasteiger partial charge in [0.15, 0.2) is 0 Å². The smallest absolute Gasteiger partial charge is 0.248 e. The zero-order valence-corrected chi connectivity index (χ0v) is 17.3. The molecule has 0 N–H and O–H groups in total. The summed E-state index contributed by atoms with van der Waals surface area (Å²) in [4.78, 5) is 16.7. The van der Waals surface area contributed by atoms with Crippen LogP contribution in [-0.4, -0.2) is 81.0 Å². The number of likely N-dealkylation sites (tertiary alicyclic amines) is 1. The lowest BCUT2D eigenvalue weighted by Crippen LogP contribution is -2.54. The van der Waals surface area contributed by atoms with Crippen molar-refractivity contribution < 1.29 is 19.0 Å². The van der Waals surface area contributed by atoms with Crippen molar-refractivity contribution in [3.05, 3.63) is 35.9 Å². The highest BCUT2D eigenvalue weighted by Crippen LogP contribution is 2.36. The molecule has 1 amide bonds. The molecule has 2 saturated heterocycles. The predicted octanol–water partition coefficient (Wildman–Crippen LogP) is 2.32. The van der Waals surface area contributed by atoms with Crippen LogP contribution >= 0.6 is 0 Å². The highest BCUT2D eigenvalue weighted by Gasteiger charge is 2.42. The summed E-state index contributed by atoms with van der Waals surface area (Å²) in [7, 11) is 3.84. The molecular formula is C22H34N2O4. The van der Waals surface area contributed by atoms with Crippen LogP contribution in [0.4, 0.5) is 0 Å². The third-order valence-electron chi connectivity index (χ3n) is 6.05. The fourth-order valence-corrected chi connectivity index (χ4v) is 4.28. The first-order valence-corrected chi connectivity index (χ1v) is 10.3. The number of carbonyl (C=O) groups is 1. The van der Waals surface area contributed by atoms with Crippen LogP contribution < -0.4 is 0 Å². The standard InChI is InChI=1S/C22H34N2O4/c1-23(17-19-6-4-3-5-7-19)20-8-13-28-22(16-20)9-11-24(12-10-22)21(25)18-27-15-14-26-2/h3-7,20H,8-18H2,1-2H3. The topological polar surface area (TPSA) is 51.2 Å². The first-order valence-electron chi connectivity index (χ1n) is 10.3. The Labute approximate surface area is 168 Å². The predicted molar refractivity (Wildman–Crippen MR) is 108 cm³/mol. The monoisotopic (exact) mass is 390 g/mol. The molecule has 1 aromatic rings. The molecule has 1 aromatic carbocycles. The molecule has 1 unspecified atom stereocenters. The number of hydrogen-bond acceptors (Lipinski definition) is 5. The maximum absolute atomic E-state index is 12.3. The van der Waals surface area contributed by atoms with E-state index in [0.717, 1.165) is 51.9 Å². The number of rotatable bonds is 8. The van der Waals surface area contributed by atoms with E-state index < -0.39 is 0 Å². The minimum atomic E-state index is -0.0818. The largest absolute Gasteiger partial charge is 0.382 e. The van der Waals surface area contributed by atoms with Crippen molar-refractivity contribution in [1.29, 1.82) is 0 Å². The molecule has 1 atom stereocenters. The summed E-state index contributed by atoms with van der Waals surface area (Å²) < 4.78 is 16.6. The van der Waals surface area contributed by atoms with Gasteiger partial charge in [0, 0.05) is 39.4 Å². The lowest BCUT2D eigenvalue weighted by molar-refractivity contribution is -0.152. The van der Waals surface area contributed by atoms with Crippen LogP contribution in [0.15, 0.2) is 30.3 Å². The minimum Gasteiger partial charge on any atom is -0.382 e. The van der Waals surface area contributed by atoms with Crippen LogP contribution in [0.1, 0.15) is 31.2 Å². The molecule has 28 heavy (non-hydrogen) atoms. The van der Waals surface area contributed by atoms with Gasteiger partial charge in [0.2, 0.25) is 5.91 Å². The Hall–Kier alpha value is -1.47. The molecule has 0 aromatic heterocycles. The van der Waals surface area contributed by atoms with Gasteiger partial charge >= 0.3 is 0 Å². The van der Waals surface area contributed by atoms with Crippen LogP contribution in [0.25, 0.3) is 0 Å². The van der Waals surface area contributed by atoms with Gasteiger partial charge in [0.1, 0.15) is 6.61 Å². The van der Waals surface area contributed by atoms with Gasteiger partial charge in [-0.2, -0.15) is 0 Å². The molecular weight excluding hydrogens is 356 g/mol. The van der Waals surface area contributed by atoms with E-state index >= 15 is 0 Å². The summed E-state index contributed by atoms with van der Waals surface area (Å²) in [6.45, 7) is 4.38. The van der Waals surface area contributed by atoms with Crippen molar-refractivity contribution in [3.8, 4) is 0 Å². The molecule has 6 heteroatoms. The number of hydrogen-bond donors (Lipinski definition) is 0. The van der Waals surface area contributed by atoms with E-state index in [9.17, 15) is 4.79 Å². The highest BCUT2D eigenvalue weighted by atomic mass is 16.5. The molecule has 2 heterocycles. The number of piperidine rings is 1. The second kappa shape index (κ2) is 10.3. The number of benzene rings is 1. The van der Waals surface area contributed by atoms with Crippen LogP contribution in [0.2, 0.25) is 0 Å². The lowest BCUT2D eigenvalue weighted by Gasteiger charge is -2.48. The highest BCUT2D eigenvalue weighted by molar-refractivity contribution is 5.77. The second-order valence-electron chi connectivity index (χ2n) is 8.00. The third kappa shape index (κ3) is 5.77. The van der Waals surface area contributed by atoms with E-state index in [0.29, 0.717) is 19.3 Å². The molecule has 1 spiro atoms. The average Bonchev–Trinajstić information content (AvgIpc) is 2.72. The molecule has 2 fully saturated rings. The molecule has 2 aliphatic heterocycles. The maximum atomic E-state index is 12.3. The summed E-state index contributed by atoms with van der Waals surface area (Å²) in [6.07, 6.45) is 3.93. The number of amides is 1. The summed E-state index contributed by atoms with van der Waals surface area (Å²) in [5.41, 5.74) is 1.26. The Morgan fingerprint density at radius 2 is 2.00 bits per heavy atom. The normalized spacial score (nSPS) is 22.0. The molecule has 0 radical (unpaired) electrons. The minimum absolute atomic E-state index is 0.0690. The Bertz CT molecular complexity index is 602. The molecule has 0 bridgehead atoms. The summed E-state index contributed by atoms with van der Waals surface area (Å²) in [5.74, 6) is 0.0690. The zero-order valence-electron chi connectivity index (χ0n) is 17.3. The number of nitrogens with zero attached hydrogens (tertiary/aromatic N) is 2. The van der Waals surface area contributed by atoms with Crippen LogP contribution in [-0.2, 0) is 25.5 Å². The van der Waals surface area contributed by atoms with Crippen molar-refractivity contribution in [1.82, 2.24) is 9.80 Å². The van der Waals surface area contributed by atoms with Crippen molar-refractivity contribution in [3.63, 3.8) is 0 Å². The summed E-state index contributed by atoms with van der Waals surface area (Å²) in [5, 5.41) is 0. The molecule has 6 nitrogen and oxygen atoms in total. The van der Waals surface area contributed by atoms with E-state index in [1.807, 2.05) is 4.90 Å². The third-order valence-corrected chi connectivity index (χ3v) is 6.05. The number of carbonyl (C=O) groups excluding carboxylic acids is 1. The first-order chi connectivity index (χ1) is 13.6. The van der Waals surface area contributed by atoms with E-state index in [1.165, 1.54) is 5.56 Å². The Balaban J connectivity index is 1.47. The Kier molecular flexibility index (Phi) is 7.85. The number of methoxy groups -OCH3 is 1. The SMILES string of the molecule is COCCOCC(=O)N1CCC2(CC1)CC(N(C)Cc1ccccc1)CCO2. The van der Waals surface area contributed by atoms with Crippen molar-refractivity contribution in [2.75, 3.05) is 53.7 Å². The second-order valence-corrected chi connectivity index (χ2v) is 8.00. The van der Waals surface area contributed by atoms with E-state index in [-0.39, 0.29) is 18.1 Å². The summed E-state index contributed by atoms with van der Waals surface area (Å²) >= 11 is 0. The van der Waals surface area contributed by atoms with Gasteiger partial charge in [-0.05, 0) is 38.3 Å². The van der Waals surface area contributed by atoms with Gasteiger partial charge < -0.3 is 19.1 Å². The maximum Gasteiger partial charge on any atom is 0.248 e. The lowest BCUT2D eigenvalue weighted by atomic mass is 9.82. The first kappa shape index (κ1) is 21.2.